The van der Waals surface area contributed by atoms with E-state index in [-0.39, 0.29) is 10.9 Å². The van der Waals surface area contributed by atoms with Crippen LogP contribution >= 0.6 is 10.9 Å². The third-order valence-electron chi connectivity index (χ3n) is 2.25. The molecule has 2 aromatic rings. The van der Waals surface area contributed by atoms with Crippen molar-refractivity contribution in [2.24, 2.45) is 0 Å². The lowest BCUT2D eigenvalue weighted by Gasteiger charge is -2.12. The lowest BCUT2D eigenvalue weighted by molar-refractivity contribution is 1.54. The Labute approximate surface area is 81.9 Å². The average Bonchev–Trinajstić information content (AvgIpc) is 2.17. The fourth-order valence-electron chi connectivity index (χ4n) is 1.60. The molecule has 0 spiro atoms. The molecule has 2 aromatic carbocycles. The highest BCUT2D eigenvalue weighted by Crippen LogP contribution is 2.34. The van der Waals surface area contributed by atoms with E-state index in [0.29, 0.717) is 0 Å². The first-order chi connectivity index (χ1) is 6.29. The van der Waals surface area contributed by atoms with Crippen LogP contribution in [-0.4, -0.2) is 12.5 Å². The molecule has 0 atom stereocenters. The molecular weight excluding hydrogens is 176 g/mol. The van der Waals surface area contributed by atoms with Gasteiger partial charge < -0.3 is 0 Å². The van der Waals surface area contributed by atoms with Crippen molar-refractivity contribution in [3.63, 3.8) is 0 Å². The van der Waals surface area contributed by atoms with Gasteiger partial charge in [0, 0.05) is 0 Å². The fourth-order valence-corrected chi connectivity index (χ4v) is 2.67. The molecule has 0 aliphatic rings. The first kappa shape index (κ1) is 8.64. The molecule has 0 saturated heterocycles. The molecule has 0 radical (unpaired) electrons. The number of hydrogen-bond donors (Lipinski definition) is 1. The van der Waals surface area contributed by atoms with Gasteiger partial charge in [-0.3, -0.25) is 0 Å². The molecule has 68 valence electrons. The molecule has 0 fully saturated rings. The Morgan fingerprint density at radius 2 is 1.54 bits per heavy atom. The second kappa shape index (κ2) is 3.43. The monoisotopic (exact) mass is 190 g/mol. The van der Waals surface area contributed by atoms with Crippen LogP contribution in [0.4, 0.5) is 0 Å². The third kappa shape index (κ3) is 1.56. The van der Waals surface area contributed by atoms with Crippen LogP contribution in [0.25, 0.3) is 10.8 Å². The zero-order chi connectivity index (χ0) is 9.26. The number of fused-ring (bicyclic) bond motifs is 1. The summed E-state index contributed by atoms with van der Waals surface area (Å²) in [6.07, 6.45) is 4.61. The van der Waals surface area contributed by atoms with E-state index in [1.807, 2.05) is 0 Å². The SMILES string of the molecule is C[SH](C)c1cccc2ccccc12. The number of hydrogen-bond acceptors (Lipinski definition) is 0. The van der Waals surface area contributed by atoms with E-state index in [9.17, 15) is 0 Å². The molecule has 0 bridgehead atoms. The maximum atomic E-state index is 2.30. The first-order valence-electron chi connectivity index (χ1n) is 4.44. The Morgan fingerprint density at radius 3 is 2.31 bits per heavy atom. The quantitative estimate of drug-likeness (QED) is 0.654. The summed E-state index contributed by atoms with van der Waals surface area (Å²) in [7, 11) is 0.00463. The van der Waals surface area contributed by atoms with Gasteiger partial charge in [0.2, 0.25) is 0 Å². The smallest absolute Gasteiger partial charge is 0.00511 e. The fraction of sp³-hybridized carbons (Fsp3) is 0.167. The first-order valence-corrected chi connectivity index (χ1v) is 6.68. The predicted molar refractivity (Wildman–Crippen MR) is 63.0 cm³/mol. The van der Waals surface area contributed by atoms with Crippen molar-refractivity contribution in [1.29, 1.82) is 0 Å². The highest BCUT2D eigenvalue weighted by molar-refractivity contribution is 8.16. The summed E-state index contributed by atoms with van der Waals surface area (Å²) in [6.45, 7) is 0. The Hall–Kier alpha value is -0.950. The van der Waals surface area contributed by atoms with Gasteiger partial charge in [0.15, 0.2) is 0 Å². The molecule has 13 heavy (non-hydrogen) atoms. The van der Waals surface area contributed by atoms with Crippen molar-refractivity contribution in [3.05, 3.63) is 42.5 Å². The molecule has 0 aliphatic carbocycles. The molecule has 0 N–H and O–H groups in total. The van der Waals surface area contributed by atoms with Gasteiger partial charge in [-0.1, -0.05) is 36.4 Å². The zero-order valence-corrected chi connectivity index (χ0v) is 8.88. The van der Waals surface area contributed by atoms with Gasteiger partial charge in [-0.15, -0.1) is 0 Å². The summed E-state index contributed by atoms with van der Waals surface area (Å²) in [6, 6.07) is 15.2. The van der Waals surface area contributed by atoms with Crippen LogP contribution in [0.3, 0.4) is 0 Å². The minimum absolute atomic E-state index is 0.00463. The lowest BCUT2D eigenvalue weighted by atomic mass is 10.1. The standard InChI is InChI=1S/C12H14S/c1-13(2)12-9-5-7-10-6-3-4-8-11(10)12/h3-9,13H,1-2H3. The molecule has 0 aromatic heterocycles. The van der Waals surface area contributed by atoms with Crippen LogP contribution in [0, 0.1) is 0 Å². The summed E-state index contributed by atoms with van der Waals surface area (Å²) in [5.41, 5.74) is 0. The molecular formula is C12H14S. The van der Waals surface area contributed by atoms with Crippen molar-refractivity contribution >= 4 is 21.7 Å². The van der Waals surface area contributed by atoms with Gasteiger partial charge in [0.05, 0.1) is 0 Å². The third-order valence-corrected chi connectivity index (χ3v) is 3.60. The maximum Gasteiger partial charge on any atom is -0.00511 e. The summed E-state index contributed by atoms with van der Waals surface area (Å²) in [5, 5.41) is 2.78. The normalized spacial score (nSPS) is 11.7. The summed E-state index contributed by atoms with van der Waals surface area (Å²) >= 11 is 0. The van der Waals surface area contributed by atoms with Crippen molar-refractivity contribution in [1.82, 2.24) is 0 Å². The van der Waals surface area contributed by atoms with E-state index in [0.717, 1.165) is 0 Å². The minimum atomic E-state index is 0.00463. The van der Waals surface area contributed by atoms with Crippen LogP contribution in [-0.2, 0) is 0 Å². The van der Waals surface area contributed by atoms with Gasteiger partial charge >= 0.3 is 0 Å². The Balaban J connectivity index is 2.76. The van der Waals surface area contributed by atoms with Crippen LogP contribution in [0.15, 0.2) is 47.4 Å². The van der Waals surface area contributed by atoms with Gasteiger partial charge in [0.1, 0.15) is 0 Å². The second-order valence-electron chi connectivity index (χ2n) is 3.39. The Bertz CT molecular complexity index is 413. The second-order valence-corrected chi connectivity index (χ2v) is 5.66. The van der Waals surface area contributed by atoms with Crippen molar-refractivity contribution in [2.75, 3.05) is 12.5 Å². The van der Waals surface area contributed by atoms with E-state index >= 15 is 0 Å². The Morgan fingerprint density at radius 1 is 0.846 bits per heavy atom. The summed E-state index contributed by atoms with van der Waals surface area (Å²) in [4.78, 5) is 1.51. The largest absolute Gasteiger partial charge is 0.232 e. The van der Waals surface area contributed by atoms with Crippen LogP contribution in [0.5, 0.6) is 0 Å². The van der Waals surface area contributed by atoms with Gasteiger partial charge in [-0.2, -0.15) is 0 Å². The zero-order valence-electron chi connectivity index (χ0n) is 7.99. The van der Waals surface area contributed by atoms with E-state index in [1.54, 1.807) is 0 Å². The van der Waals surface area contributed by atoms with E-state index in [4.69, 9.17) is 0 Å². The highest BCUT2D eigenvalue weighted by Gasteiger charge is 2.00. The molecule has 1 heteroatoms. The van der Waals surface area contributed by atoms with E-state index < -0.39 is 0 Å². The predicted octanol–water partition coefficient (Wildman–Crippen LogP) is 3.46. The van der Waals surface area contributed by atoms with Gasteiger partial charge in [-0.25, -0.2) is 10.9 Å². The Kier molecular flexibility index (Phi) is 2.28. The number of thiol groups is 1. The van der Waals surface area contributed by atoms with Crippen molar-refractivity contribution in [3.8, 4) is 0 Å². The van der Waals surface area contributed by atoms with E-state index in [2.05, 4.69) is 55.0 Å². The molecule has 0 unspecified atom stereocenters. The minimum Gasteiger partial charge on any atom is -0.232 e. The number of rotatable bonds is 1. The van der Waals surface area contributed by atoms with Crippen molar-refractivity contribution in [2.45, 2.75) is 4.90 Å². The summed E-state index contributed by atoms with van der Waals surface area (Å²) in [5.74, 6) is 0. The highest BCUT2D eigenvalue weighted by atomic mass is 32.2. The molecule has 0 heterocycles. The average molecular weight is 190 g/mol. The van der Waals surface area contributed by atoms with Crippen LogP contribution in [0.2, 0.25) is 0 Å². The summed E-state index contributed by atoms with van der Waals surface area (Å²) < 4.78 is 0. The maximum absolute atomic E-state index is 2.30. The molecule has 0 aliphatic heterocycles. The van der Waals surface area contributed by atoms with Crippen molar-refractivity contribution < 1.29 is 0 Å². The molecule has 0 amide bonds. The van der Waals surface area contributed by atoms with E-state index in [1.165, 1.54) is 15.7 Å². The molecule has 0 saturated carbocycles. The molecule has 0 nitrogen and oxygen atoms in total. The van der Waals surface area contributed by atoms with Crippen LogP contribution in [0.1, 0.15) is 0 Å². The van der Waals surface area contributed by atoms with Gasteiger partial charge in [-0.05, 0) is 34.2 Å². The topological polar surface area (TPSA) is 0 Å². The lowest BCUT2D eigenvalue weighted by Crippen LogP contribution is -1.80. The van der Waals surface area contributed by atoms with Gasteiger partial charge in [0.25, 0.3) is 0 Å². The van der Waals surface area contributed by atoms with Crippen LogP contribution < -0.4 is 0 Å². The molecule has 2 rings (SSSR count). The number of benzene rings is 2.